The smallest absolute Gasteiger partial charge is 0.407 e. The van der Waals surface area contributed by atoms with E-state index in [4.69, 9.17) is 14.2 Å². The Morgan fingerprint density at radius 3 is 2.44 bits per heavy atom. The second-order valence-corrected chi connectivity index (χ2v) is 9.54. The average molecular weight is 396 g/mol. The number of ether oxygens (including phenoxy) is 3. The van der Waals surface area contributed by atoms with Gasteiger partial charge in [0.1, 0.15) is 6.61 Å². The number of methoxy groups -OCH3 is 2. The molecule has 25 heavy (non-hydrogen) atoms. The Morgan fingerprint density at radius 2 is 1.92 bits per heavy atom. The second-order valence-electron chi connectivity index (χ2n) is 4.96. The van der Waals surface area contributed by atoms with Crippen LogP contribution >= 0.6 is 10.8 Å². The number of amides is 1. The molecule has 0 saturated heterocycles. The minimum Gasteiger partial charge on any atom is -0.493 e. The first-order valence-electron chi connectivity index (χ1n) is 7.08. The molecular formula is C13H20N2O8S2. The largest absolute Gasteiger partial charge is 0.493 e. The van der Waals surface area contributed by atoms with E-state index in [9.17, 15) is 23.3 Å². The zero-order valence-electron chi connectivity index (χ0n) is 14.0. The summed E-state index contributed by atoms with van der Waals surface area (Å²) >= 11 is 0. The third-order valence-corrected chi connectivity index (χ3v) is 5.71. The summed E-state index contributed by atoms with van der Waals surface area (Å²) in [5.74, 6) is 0.00425. The SMILES string of the molecule is COC1=CC(COC(=O)NCCSS(C)(=O)=O)C([N+](=O)[O-])C=C1OC. The molecule has 0 bridgehead atoms. The van der Waals surface area contributed by atoms with E-state index in [1.165, 1.54) is 26.4 Å². The Balaban J connectivity index is 2.56. The number of hydrogen-bond donors (Lipinski definition) is 1. The molecule has 0 fully saturated rings. The predicted octanol–water partition coefficient (Wildman–Crippen LogP) is 0.741. The van der Waals surface area contributed by atoms with Crippen LogP contribution in [0.4, 0.5) is 4.79 Å². The molecule has 0 radical (unpaired) electrons. The predicted molar refractivity (Wildman–Crippen MR) is 91.1 cm³/mol. The van der Waals surface area contributed by atoms with Crippen molar-refractivity contribution in [3.63, 3.8) is 0 Å². The summed E-state index contributed by atoms with van der Waals surface area (Å²) in [6.45, 7) is -0.149. The fourth-order valence-corrected chi connectivity index (χ4v) is 3.65. The molecule has 1 aliphatic rings. The lowest BCUT2D eigenvalue weighted by Gasteiger charge is -2.22. The van der Waals surface area contributed by atoms with Crippen molar-refractivity contribution < 1.29 is 32.3 Å². The van der Waals surface area contributed by atoms with Gasteiger partial charge in [0.2, 0.25) is 6.04 Å². The summed E-state index contributed by atoms with van der Waals surface area (Å²) in [5.41, 5.74) is 0. The highest BCUT2D eigenvalue weighted by molar-refractivity contribution is 8.71. The minimum absolute atomic E-state index is 0.0901. The van der Waals surface area contributed by atoms with E-state index in [1.54, 1.807) is 0 Å². The van der Waals surface area contributed by atoms with Gasteiger partial charge in [-0.2, -0.15) is 0 Å². The second kappa shape index (κ2) is 9.51. The molecule has 0 spiro atoms. The lowest BCUT2D eigenvalue weighted by atomic mass is 9.94. The highest BCUT2D eigenvalue weighted by Gasteiger charge is 2.35. The molecule has 1 N–H and O–H groups in total. The van der Waals surface area contributed by atoms with E-state index < -0.39 is 31.8 Å². The third kappa shape index (κ3) is 7.22. The molecule has 0 heterocycles. The van der Waals surface area contributed by atoms with Gasteiger partial charge < -0.3 is 19.5 Å². The molecule has 0 aromatic carbocycles. The number of rotatable bonds is 9. The Kier molecular flexibility index (Phi) is 8.03. The normalized spacial score (nSPS) is 20.1. The van der Waals surface area contributed by atoms with E-state index in [0.717, 1.165) is 6.26 Å². The van der Waals surface area contributed by atoms with E-state index >= 15 is 0 Å². The number of nitrogens with one attached hydrogen (secondary N) is 1. The van der Waals surface area contributed by atoms with Gasteiger partial charge in [-0.25, -0.2) is 13.2 Å². The number of hydrogen-bond acceptors (Lipinski definition) is 9. The van der Waals surface area contributed by atoms with Crippen LogP contribution in [0.25, 0.3) is 0 Å². The van der Waals surface area contributed by atoms with E-state index in [0.29, 0.717) is 16.6 Å². The lowest BCUT2D eigenvalue weighted by molar-refractivity contribution is -0.517. The van der Waals surface area contributed by atoms with Crippen molar-refractivity contribution in [2.45, 2.75) is 6.04 Å². The number of carbonyl (C=O) groups is 1. The van der Waals surface area contributed by atoms with Crippen molar-refractivity contribution in [1.82, 2.24) is 5.32 Å². The van der Waals surface area contributed by atoms with Gasteiger partial charge in [-0.3, -0.25) is 10.1 Å². The lowest BCUT2D eigenvalue weighted by Crippen LogP contribution is -2.35. The summed E-state index contributed by atoms with van der Waals surface area (Å²) in [4.78, 5) is 22.3. The van der Waals surface area contributed by atoms with Gasteiger partial charge in [0.25, 0.3) is 0 Å². The standard InChI is InChI=1S/C13H20N2O8S2/c1-21-11-6-9(10(15(17)18)7-12(11)22-2)8-23-13(16)14-4-5-24-25(3,19)20/h6-7,9-10H,4-5,8H2,1-3H3,(H,14,16). The third-order valence-electron chi connectivity index (χ3n) is 3.13. The van der Waals surface area contributed by atoms with E-state index in [-0.39, 0.29) is 24.7 Å². The maximum absolute atomic E-state index is 11.6. The quantitative estimate of drug-likeness (QED) is 0.259. The molecule has 1 rings (SSSR count). The maximum atomic E-state index is 11.6. The van der Waals surface area contributed by atoms with Crippen LogP contribution < -0.4 is 5.32 Å². The van der Waals surface area contributed by atoms with Crippen LogP contribution in [0.5, 0.6) is 0 Å². The van der Waals surface area contributed by atoms with Crippen molar-refractivity contribution in [3.05, 3.63) is 33.8 Å². The van der Waals surface area contributed by atoms with Gasteiger partial charge in [0.05, 0.1) is 20.1 Å². The molecule has 10 nitrogen and oxygen atoms in total. The molecule has 0 aliphatic heterocycles. The van der Waals surface area contributed by atoms with Crippen LogP contribution in [0.1, 0.15) is 0 Å². The molecular weight excluding hydrogens is 376 g/mol. The van der Waals surface area contributed by atoms with Crippen molar-refractivity contribution >= 4 is 25.8 Å². The Morgan fingerprint density at radius 1 is 1.32 bits per heavy atom. The number of nitrogens with zero attached hydrogens (tertiary/aromatic N) is 1. The van der Waals surface area contributed by atoms with Gasteiger partial charge in [0, 0.05) is 29.6 Å². The van der Waals surface area contributed by atoms with Gasteiger partial charge in [0.15, 0.2) is 20.4 Å². The Hall–Kier alpha value is -1.95. The Labute approximate surface area is 149 Å². The monoisotopic (exact) mass is 396 g/mol. The van der Waals surface area contributed by atoms with Gasteiger partial charge in [-0.1, -0.05) is 0 Å². The molecule has 1 amide bonds. The van der Waals surface area contributed by atoms with Gasteiger partial charge in [-0.15, -0.1) is 0 Å². The van der Waals surface area contributed by atoms with Crippen molar-refractivity contribution in [3.8, 4) is 0 Å². The number of nitro groups is 1. The van der Waals surface area contributed by atoms with Crippen molar-refractivity contribution in [2.24, 2.45) is 5.92 Å². The van der Waals surface area contributed by atoms with E-state index in [1.807, 2.05) is 0 Å². The summed E-state index contributed by atoms with van der Waals surface area (Å²) < 4.78 is 37.0. The van der Waals surface area contributed by atoms with Crippen molar-refractivity contribution in [2.75, 3.05) is 39.4 Å². The average Bonchev–Trinajstić information content (AvgIpc) is 2.54. The number of carbonyl (C=O) groups excluding carboxylic acids is 1. The molecule has 0 saturated carbocycles. The topological polar surface area (TPSA) is 134 Å². The van der Waals surface area contributed by atoms with E-state index in [2.05, 4.69) is 5.32 Å². The van der Waals surface area contributed by atoms with Crippen molar-refractivity contribution in [1.29, 1.82) is 0 Å². The summed E-state index contributed by atoms with van der Waals surface area (Å²) in [6, 6.07) is -1.12. The van der Waals surface area contributed by atoms with Crippen LogP contribution in [0.15, 0.2) is 23.7 Å². The zero-order valence-corrected chi connectivity index (χ0v) is 15.6. The van der Waals surface area contributed by atoms with Crippen LogP contribution in [-0.2, 0) is 23.1 Å². The number of alkyl carbamates (subject to hydrolysis) is 1. The fraction of sp³-hybridized carbons (Fsp3) is 0.615. The first kappa shape index (κ1) is 21.1. The summed E-state index contributed by atoms with van der Waals surface area (Å²) in [5, 5.41) is 13.6. The summed E-state index contributed by atoms with van der Waals surface area (Å²) in [7, 11) is 0.289. The van der Waals surface area contributed by atoms with Crippen LogP contribution in [0, 0.1) is 16.0 Å². The minimum atomic E-state index is -3.18. The van der Waals surface area contributed by atoms with Crippen LogP contribution in [0.2, 0.25) is 0 Å². The van der Waals surface area contributed by atoms with Gasteiger partial charge in [-0.05, 0) is 16.9 Å². The maximum Gasteiger partial charge on any atom is 0.407 e. The zero-order chi connectivity index (χ0) is 19.0. The molecule has 1 aliphatic carbocycles. The van der Waals surface area contributed by atoms with Gasteiger partial charge >= 0.3 is 6.09 Å². The Bertz CT molecular complexity index is 659. The van der Waals surface area contributed by atoms with Crippen LogP contribution in [0.3, 0.4) is 0 Å². The highest BCUT2D eigenvalue weighted by atomic mass is 33.1. The molecule has 142 valence electrons. The fourth-order valence-electron chi connectivity index (χ4n) is 2.01. The summed E-state index contributed by atoms with van der Waals surface area (Å²) in [6.07, 6.45) is 3.05. The molecule has 2 atom stereocenters. The molecule has 12 heteroatoms. The highest BCUT2D eigenvalue weighted by Crippen LogP contribution is 2.26. The first-order chi connectivity index (χ1) is 11.7. The van der Waals surface area contributed by atoms with Crippen LogP contribution in [-0.4, -0.2) is 64.9 Å². The first-order valence-corrected chi connectivity index (χ1v) is 10.5. The molecule has 0 aromatic rings. The molecule has 0 aromatic heterocycles. The molecule has 2 unspecified atom stereocenters.